The van der Waals surface area contributed by atoms with E-state index in [0.717, 1.165) is 31.7 Å². The molecule has 1 aliphatic heterocycles. The quantitative estimate of drug-likeness (QED) is 0.895. The molecule has 0 radical (unpaired) electrons. The summed E-state index contributed by atoms with van der Waals surface area (Å²) < 4.78 is 13.0. The zero-order chi connectivity index (χ0) is 11.5. The van der Waals surface area contributed by atoms with Crippen LogP contribution in [-0.2, 0) is 0 Å². The molecule has 2 nitrogen and oxygen atoms in total. The molecule has 1 saturated heterocycles. The molecule has 1 heterocycles. The van der Waals surface area contributed by atoms with Crippen LogP contribution in [0.5, 0.6) is 0 Å². The second kappa shape index (κ2) is 6.55. The summed E-state index contributed by atoms with van der Waals surface area (Å²) >= 11 is 5.79. The average molecular weight is 279 g/mol. The smallest absolute Gasteiger partial charge is 0.141 e. The van der Waals surface area contributed by atoms with Crippen molar-refractivity contribution in [2.75, 3.05) is 26.2 Å². The lowest BCUT2D eigenvalue weighted by molar-refractivity contribution is 0.185. The van der Waals surface area contributed by atoms with Gasteiger partial charge in [-0.3, -0.25) is 4.90 Å². The molecule has 96 valence electrons. The minimum Gasteiger partial charge on any atom is -0.314 e. The maximum atomic E-state index is 13.0. The molecule has 1 fully saturated rings. The molecule has 5 heteroatoms. The van der Waals surface area contributed by atoms with Crippen LogP contribution >= 0.6 is 24.0 Å². The highest BCUT2D eigenvalue weighted by Gasteiger charge is 2.18. The number of nitrogens with zero attached hydrogens (tertiary/aromatic N) is 1. The molecule has 0 aromatic heterocycles. The van der Waals surface area contributed by atoms with Crippen molar-refractivity contribution in [3.63, 3.8) is 0 Å². The van der Waals surface area contributed by atoms with Crippen LogP contribution in [0.1, 0.15) is 18.5 Å². The van der Waals surface area contributed by atoms with Crippen molar-refractivity contribution in [2.24, 2.45) is 0 Å². The van der Waals surface area contributed by atoms with Gasteiger partial charge in [0.05, 0.1) is 5.02 Å². The summed E-state index contributed by atoms with van der Waals surface area (Å²) in [5.41, 5.74) is 1.08. The van der Waals surface area contributed by atoms with E-state index in [0.29, 0.717) is 6.04 Å². The van der Waals surface area contributed by atoms with Gasteiger partial charge in [0, 0.05) is 32.2 Å². The molecular formula is C12H17Cl2FN2. The summed E-state index contributed by atoms with van der Waals surface area (Å²) in [6, 6.07) is 5.27. The number of hydrogen-bond donors (Lipinski definition) is 1. The van der Waals surface area contributed by atoms with E-state index >= 15 is 0 Å². The third-order valence-electron chi connectivity index (χ3n) is 3.13. The predicted molar refractivity (Wildman–Crippen MR) is 71.5 cm³/mol. The third-order valence-corrected chi connectivity index (χ3v) is 3.42. The monoisotopic (exact) mass is 278 g/mol. The topological polar surface area (TPSA) is 15.3 Å². The number of hydrogen-bond acceptors (Lipinski definition) is 2. The van der Waals surface area contributed by atoms with Gasteiger partial charge in [0.25, 0.3) is 0 Å². The lowest BCUT2D eigenvalue weighted by Crippen LogP contribution is -2.44. The number of benzene rings is 1. The molecule has 1 aliphatic rings. The maximum Gasteiger partial charge on any atom is 0.141 e. The van der Waals surface area contributed by atoms with Crippen LogP contribution in [0.15, 0.2) is 18.2 Å². The summed E-state index contributed by atoms with van der Waals surface area (Å²) in [6.07, 6.45) is 0. The van der Waals surface area contributed by atoms with E-state index in [-0.39, 0.29) is 23.2 Å². The van der Waals surface area contributed by atoms with Crippen molar-refractivity contribution in [2.45, 2.75) is 13.0 Å². The highest BCUT2D eigenvalue weighted by atomic mass is 35.5. The van der Waals surface area contributed by atoms with Gasteiger partial charge < -0.3 is 5.32 Å². The van der Waals surface area contributed by atoms with Gasteiger partial charge in [-0.15, -0.1) is 12.4 Å². The molecule has 0 amide bonds. The van der Waals surface area contributed by atoms with Gasteiger partial charge in [-0.25, -0.2) is 4.39 Å². The van der Waals surface area contributed by atoms with Gasteiger partial charge in [0.1, 0.15) is 5.82 Å². The van der Waals surface area contributed by atoms with E-state index in [1.165, 1.54) is 6.07 Å². The first kappa shape index (κ1) is 14.7. The van der Waals surface area contributed by atoms with E-state index in [1.807, 2.05) is 6.07 Å². The van der Waals surface area contributed by atoms with Crippen LogP contribution in [-0.4, -0.2) is 31.1 Å². The minimum absolute atomic E-state index is 0. The fraction of sp³-hybridized carbons (Fsp3) is 0.500. The summed E-state index contributed by atoms with van der Waals surface area (Å²) in [5.74, 6) is -0.349. The normalized spacial score (nSPS) is 18.5. The van der Waals surface area contributed by atoms with E-state index in [1.54, 1.807) is 6.07 Å². The largest absolute Gasteiger partial charge is 0.314 e. The zero-order valence-corrected chi connectivity index (χ0v) is 11.3. The SMILES string of the molecule is C[C@H](c1ccc(F)c(Cl)c1)N1CCNCC1.Cl. The van der Waals surface area contributed by atoms with Crippen molar-refractivity contribution < 1.29 is 4.39 Å². The lowest BCUT2D eigenvalue weighted by atomic mass is 10.1. The lowest BCUT2D eigenvalue weighted by Gasteiger charge is -2.33. The number of rotatable bonds is 2. The molecular weight excluding hydrogens is 262 g/mol. The Labute approximate surface area is 113 Å². The first-order chi connectivity index (χ1) is 7.68. The minimum atomic E-state index is -0.349. The fourth-order valence-corrected chi connectivity index (χ4v) is 2.24. The summed E-state index contributed by atoms with van der Waals surface area (Å²) in [7, 11) is 0. The zero-order valence-electron chi connectivity index (χ0n) is 9.75. The van der Waals surface area contributed by atoms with Crippen LogP contribution in [0.25, 0.3) is 0 Å². The molecule has 1 aromatic rings. The van der Waals surface area contributed by atoms with Gasteiger partial charge in [-0.05, 0) is 24.6 Å². The molecule has 0 unspecified atom stereocenters. The molecule has 1 aromatic carbocycles. The summed E-state index contributed by atoms with van der Waals surface area (Å²) in [4.78, 5) is 2.38. The predicted octanol–water partition coefficient (Wildman–Crippen LogP) is 2.87. The summed E-state index contributed by atoms with van der Waals surface area (Å²) in [6.45, 7) is 6.21. The van der Waals surface area contributed by atoms with E-state index in [9.17, 15) is 4.39 Å². The Kier molecular flexibility index (Phi) is 5.67. The maximum absolute atomic E-state index is 13.0. The highest BCUT2D eigenvalue weighted by Crippen LogP contribution is 2.24. The van der Waals surface area contributed by atoms with Crippen LogP contribution < -0.4 is 5.32 Å². The Bertz CT molecular complexity index is 368. The van der Waals surface area contributed by atoms with Gasteiger partial charge in [0.15, 0.2) is 0 Å². The molecule has 17 heavy (non-hydrogen) atoms. The van der Waals surface area contributed by atoms with Gasteiger partial charge in [0.2, 0.25) is 0 Å². The highest BCUT2D eigenvalue weighted by molar-refractivity contribution is 6.30. The first-order valence-electron chi connectivity index (χ1n) is 5.58. The number of piperazine rings is 1. The second-order valence-electron chi connectivity index (χ2n) is 4.14. The number of halogens is 3. The van der Waals surface area contributed by atoms with Gasteiger partial charge in [-0.2, -0.15) is 0 Å². The van der Waals surface area contributed by atoms with Gasteiger partial charge >= 0.3 is 0 Å². The molecule has 0 saturated carbocycles. The molecule has 0 spiro atoms. The van der Waals surface area contributed by atoms with E-state index in [2.05, 4.69) is 17.1 Å². The molecule has 0 bridgehead atoms. The summed E-state index contributed by atoms with van der Waals surface area (Å²) in [5, 5.41) is 3.52. The molecule has 1 atom stereocenters. The first-order valence-corrected chi connectivity index (χ1v) is 5.96. The van der Waals surface area contributed by atoms with Crippen molar-refractivity contribution >= 4 is 24.0 Å². The van der Waals surface area contributed by atoms with Crippen LogP contribution in [0.3, 0.4) is 0 Å². The Hall–Kier alpha value is -0.350. The van der Waals surface area contributed by atoms with Crippen molar-refractivity contribution in [1.29, 1.82) is 0 Å². The van der Waals surface area contributed by atoms with Gasteiger partial charge in [-0.1, -0.05) is 17.7 Å². The van der Waals surface area contributed by atoms with Crippen LogP contribution in [0.4, 0.5) is 4.39 Å². The Morgan fingerprint density at radius 1 is 1.35 bits per heavy atom. The Balaban J connectivity index is 0.00000144. The van der Waals surface area contributed by atoms with Crippen molar-refractivity contribution in [3.8, 4) is 0 Å². The average Bonchev–Trinajstić information content (AvgIpc) is 2.33. The van der Waals surface area contributed by atoms with E-state index in [4.69, 9.17) is 11.6 Å². The second-order valence-corrected chi connectivity index (χ2v) is 4.54. The Morgan fingerprint density at radius 2 is 2.00 bits per heavy atom. The van der Waals surface area contributed by atoms with E-state index < -0.39 is 0 Å². The fourth-order valence-electron chi connectivity index (χ4n) is 2.05. The van der Waals surface area contributed by atoms with Crippen molar-refractivity contribution in [3.05, 3.63) is 34.6 Å². The number of nitrogens with one attached hydrogen (secondary N) is 1. The molecule has 2 rings (SSSR count). The van der Waals surface area contributed by atoms with Crippen LogP contribution in [0, 0.1) is 5.82 Å². The standard InChI is InChI=1S/C12H16ClFN2.ClH/c1-9(16-6-4-15-5-7-16)10-2-3-12(14)11(13)8-10;/h2-3,8-9,15H,4-7H2,1H3;1H/t9-;/m1./s1. The third kappa shape index (κ3) is 3.55. The van der Waals surface area contributed by atoms with Crippen LogP contribution in [0.2, 0.25) is 5.02 Å². The molecule has 0 aliphatic carbocycles. The Morgan fingerprint density at radius 3 is 2.59 bits per heavy atom. The van der Waals surface area contributed by atoms with Crippen molar-refractivity contribution in [1.82, 2.24) is 10.2 Å². The molecule has 1 N–H and O–H groups in total.